The van der Waals surface area contributed by atoms with Crippen molar-refractivity contribution in [1.82, 2.24) is 14.5 Å². The number of hydrogen-bond donors (Lipinski definition) is 1. The van der Waals surface area contributed by atoms with E-state index in [0.717, 1.165) is 16.3 Å². The second-order valence-corrected chi connectivity index (χ2v) is 7.96. The molecule has 32 heavy (non-hydrogen) atoms. The van der Waals surface area contributed by atoms with E-state index in [1.165, 1.54) is 11.8 Å². The van der Waals surface area contributed by atoms with Crippen molar-refractivity contribution in [2.24, 2.45) is 0 Å². The fourth-order valence-corrected chi connectivity index (χ4v) is 4.29. The molecule has 158 valence electrons. The van der Waals surface area contributed by atoms with E-state index in [2.05, 4.69) is 16.0 Å². The molecule has 0 bridgehead atoms. The molecule has 0 radical (unpaired) electrons. The highest BCUT2D eigenvalue weighted by Gasteiger charge is 2.20. The molecule has 4 aromatic rings. The van der Waals surface area contributed by atoms with Gasteiger partial charge in [0.15, 0.2) is 16.7 Å². The predicted molar refractivity (Wildman–Crippen MR) is 122 cm³/mol. The largest absolute Gasteiger partial charge is 0.454 e. The summed E-state index contributed by atoms with van der Waals surface area (Å²) in [6.07, 6.45) is 3.67. The number of thioether (sulfide) groups is 1. The molecule has 0 unspecified atom stereocenters. The highest BCUT2D eigenvalue weighted by atomic mass is 32.2. The predicted octanol–water partition coefficient (Wildman–Crippen LogP) is 4.28. The van der Waals surface area contributed by atoms with Crippen molar-refractivity contribution in [1.29, 1.82) is 5.26 Å². The number of ether oxygens (including phenoxy) is 2. The van der Waals surface area contributed by atoms with Crippen molar-refractivity contribution in [3.05, 3.63) is 82.3 Å². The van der Waals surface area contributed by atoms with E-state index in [-0.39, 0.29) is 12.4 Å². The molecule has 0 fully saturated rings. The van der Waals surface area contributed by atoms with Crippen LogP contribution in [0, 0.1) is 11.3 Å². The molecule has 0 aliphatic carbocycles. The number of imidazole rings is 1. The zero-order valence-corrected chi connectivity index (χ0v) is 18.0. The Kier molecular flexibility index (Phi) is 5.17. The number of nitrogens with one attached hydrogen (secondary N) is 1. The van der Waals surface area contributed by atoms with E-state index < -0.39 is 5.56 Å². The van der Waals surface area contributed by atoms with Crippen molar-refractivity contribution in [3.63, 3.8) is 0 Å². The average Bonchev–Trinajstić information content (AvgIpc) is 3.45. The Morgan fingerprint density at radius 2 is 1.97 bits per heavy atom. The summed E-state index contributed by atoms with van der Waals surface area (Å²) in [6, 6.07) is 19.4. The lowest BCUT2D eigenvalue weighted by atomic mass is 10.0. The Morgan fingerprint density at radius 1 is 1.16 bits per heavy atom. The molecule has 8 heteroatoms. The van der Waals surface area contributed by atoms with Crippen LogP contribution in [0.25, 0.3) is 22.5 Å². The molecule has 0 atom stereocenters. The topological polar surface area (TPSA) is 92.9 Å². The fourth-order valence-electron chi connectivity index (χ4n) is 3.75. The lowest BCUT2D eigenvalue weighted by molar-refractivity contribution is 0.174. The number of fused-ring (bicyclic) bond motifs is 1. The summed E-state index contributed by atoms with van der Waals surface area (Å²) >= 11 is 1.51. The molecule has 5 rings (SSSR count). The molecular weight excluding hydrogens is 424 g/mol. The van der Waals surface area contributed by atoms with E-state index in [4.69, 9.17) is 9.47 Å². The third-order valence-electron chi connectivity index (χ3n) is 5.29. The maximum Gasteiger partial charge on any atom is 0.267 e. The van der Waals surface area contributed by atoms with Gasteiger partial charge >= 0.3 is 0 Å². The number of nitrogens with zero attached hydrogens (tertiary/aromatic N) is 3. The van der Waals surface area contributed by atoms with Gasteiger partial charge in [-0.15, -0.1) is 0 Å². The lowest BCUT2D eigenvalue weighted by Gasteiger charge is -2.13. The molecule has 1 N–H and O–H groups in total. The Bertz CT molecular complexity index is 1400. The first-order valence-electron chi connectivity index (χ1n) is 9.89. The Balaban J connectivity index is 1.66. The first kappa shape index (κ1) is 20.0. The van der Waals surface area contributed by atoms with Crippen LogP contribution >= 0.6 is 11.8 Å². The summed E-state index contributed by atoms with van der Waals surface area (Å²) < 4.78 is 12.9. The Labute approximate surface area is 188 Å². The van der Waals surface area contributed by atoms with Crippen molar-refractivity contribution in [2.45, 2.75) is 11.7 Å². The maximum atomic E-state index is 12.8. The van der Waals surface area contributed by atoms with Gasteiger partial charge in [-0.2, -0.15) is 5.26 Å². The number of hydrogen-bond acceptors (Lipinski definition) is 6. The van der Waals surface area contributed by atoms with E-state index in [9.17, 15) is 10.1 Å². The van der Waals surface area contributed by atoms with Crippen LogP contribution in [-0.2, 0) is 6.54 Å². The van der Waals surface area contributed by atoms with Gasteiger partial charge in [0.2, 0.25) is 6.79 Å². The van der Waals surface area contributed by atoms with Crippen molar-refractivity contribution >= 4 is 11.8 Å². The molecule has 0 saturated heterocycles. The van der Waals surface area contributed by atoms with E-state index in [1.54, 1.807) is 12.3 Å². The summed E-state index contributed by atoms with van der Waals surface area (Å²) in [4.78, 5) is 20.2. The minimum atomic E-state index is -0.448. The summed E-state index contributed by atoms with van der Waals surface area (Å²) in [5, 5.41) is 10.6. The lowest BCUT2D eigenvalue weighted by Crippen LogP contribution is -2.14. The van der Waals surface area contributed by atoms with Crippen LogP contribution in [0.1, 0.15) is 11.1 Å². The second-order valence-electron chi connectivity index (χ2n) is 7.18. The molecule has 7 nitrogen and oxygen atoms in total. The van der Waals surface area contributed by atoms with E-state index >= 15 is 0 Å². The molecule has 0 amide bonds. The summed E-state index contributed by atoms with van der Waals surface area (Å²) in [7, 11) is 0. The van der Waals surface area contributed by atoms with Crippen LogP contribution in [0.2, 0.25) is 0 Å². The maximum absolute atomic E-state index is 12.8. The van der Waals surface area contributed by atoms with Gasteiger partial charge in [-0.3, -0.25) is 4.79 Å². The van der Waals surface area contributed by atoms with Crippen molar-refractivity contribution in [3.8, 4) is 40.1 Å². The van der Waals surface area contributed by atoms with Crippen LogP contribution in [0.3, 0.4) is 0 Å². The number of aromatic nitrogens is 3. The van der Waals surface area contributed by atoms with Gasteiger partial charge in [-0.1, -0.05) is 42.1 Å². The SMILES string of the molecule is CSc1ncc(-c2cc(-c3ccc4c(c3)OCO4)[nH]c(=O)c2C#N)n1Cc1ccccc1. The first-order valence-corrected chi connectivity index (χ1v) is 11.1. The number of rotatable bonds is 5. The first-order chi connectivity index (χ1) is 15.7. The number of nitriles is 1. The van der Waals surface area contributed by atoms with Crippen LogP contribution in [0.15, 0.2) is 70.7 Å². The van der Waals surface area contributed by atoms with Gasteiger partial charge in [-0.05, 0) is 36.1 Å². The van der Waals surface area contributed by atoms with Crippen molar-refractivity contribution in [2.75, 3.05) is 13.0 Å². The summed E-state index contributed by atoms with van der Waals surface area (Å²) in [5.41, 5.74) is 3.29. The van der Waals surface area contributed by atoms with E-state index in [0.29, 0.717) is 35.0 Å². The van der Waals surface area contributed by atoms with Gasteiger partial charge < -0.3 is 19.0 Å². The Morgan fingerprint density at radius 3 is 2.75 bits per heavy atom. The molecule has 0 spiro atoms. The number of pyridine rings is 1. The zero-order valence-electron chi connectivity index (χ0n) is 17.2. The molecule has 2 aromatic heterocycles. The quantitative estimate of drug-likeness (QED) is 0.464. The van der Waals surface area contributed by atoms with Crippen LogP contribution in [0.5, 0.6) is 11.5 Å². The summed E-state index contributed by atoms with van der Waals surface area (Å²) in [5.74, 6) is 1.28. The van der Waals surface area contributed by atoms with Gasteiger partial charge in [-0.25, -0.2) is 4.98 Å². The molecule has 0 saturated carbocycles. The van der Waals surface area contributed by atoms with Gasteiger partial charge in [0.25, 0.3) is 5.56 Å². The zero-order chi connectivity index (χ0) is 22.1. The fraction of sp³-hybridized carbons (Fsp3) is 0.125. The minimum absolute atomic E-state index is 0.0522. The van der Waals surface area contributed by atoms with Crippen LogP contribution in [-0.4, -0.2) is 27.6 Å². The van der Waals surface area contributed by atoms with Crippen molar-refractivity contribution < 1.29 is 9.47 Å². The van der Waals surface area contributed by atoms with Gasteiger partial charge in [0, 0.05) is 16.8 Å². The third kappa shape index (κ3) is 3.53. The monoisotopic (exact) mass is 442 g/mol. The average molecular weight is 443 g/mol. The smallest absolute Gasteiger partial charge is 0.267 e. The van der Waals surface area contributed by atoms with Gasteiger partial charge in [0.05, 0.1) is 18.4 Å². The van der Waals surface area contributed by atoms with E-state index in [1.807, 2.05) is 59.4 Å². The standard InChI is InChI=1S/C24H18N4O3S/c1-32-24-26-12-20(28(24)13-15-5-3-2-4-6-15)17-10-19(27-23(29)18(17)11-25)16-7-8-21-22(9-16)31-14-30-21/h2-10,12H,13-14H2,1H3,(H,27,29). The normalized spacial score (nSPS) is 12.0. The number of benzene rings is 2. The molecule has 1 aliphatic rings. The highest BCUT2D eigenvalue weighted by molar-refractivity contribution is 7.98. The third-order valence-corrected chi connectivity index (χ3v) is 5.98. The van der Waals surface area contributed by atoms with Gasteiger partial charge in [0.1, 0.15) is 11.6 Å². The summed E-state index contributed by atoms with van der Waals surface area (Å²) in [6.45, 7) is 0.743. The number of aromatic amines is 1. The molecule has 1 aliphatic heterocycles. The number of H-pyrrole nitrogens is 1. The van der Waals surface area contributed by atoms with Crippen LogP contribution < -0.4 is 15.0 Å². The molecule has 2 aromatic carbocycles. The molecular formula is C24H18N4O3S. The Hall–Kier alpha value is -3.96. The molecule has 3 heterocycles. The second kappa shape index (κ2) is 8.29. The van der Waals surface area contributed by atoms with Crippen LogP contribution in [0.4, 0.5) is 0 Å². The minimum Gasteiger partial charge on any atom is -0.454 e. The highest BCUT2D eigenvalue weighted by Crippen LogP contribution is 2.36.